The maximum Gasteiger partial charge on any atom is 0.356 e. The predicted molar refractivity (Wildman–Crippen MR) is 62.7 cm³/mol. The highest BCUT2D eigenvalue weighted by Gasteiger charge is 2.04. The van der Waals surface area contributed by atoms with E-state index < -0.39 is 5.97 Å². The third kappa shape index (κ3) is 3.00. The minimum absolute atomic E-state index is 0.109. The van der Waals surface area contributed by atoms with Gasteiger partial charge in [-0.25, -0.2) is 19.2 Å². The highest BCUT2D eigenvalue weighted by Crippen LogP contribution is 2.06. The number of carbonyl (C=O) groups is 1. The Hall–Kier alpha value is -2.50. The lowest BCUT2D eigenvalue weighted by molar-refractivity contribution is 0.0690. The number of halogens is 1. The predicted octanol–water partition coefficient (Wildman–Crippen LogP) is 1.93. The van der Waals surface area contributed by atoms with Crippen LogP contribution in [0.4, 0.5) is 10.2 Å². The van der Waals surface area contributed by atoms with Crippen LogP contribution in [-0.2, 0) is 6.54 Å². The van der Waals surface area contributed by atoms with Gasteiger partial charge >= 0.3 is 5.97 Å². The average Bonchev–Trinajstić information content (AvgIpc) is 2.38. The van der Waals surface area contributed by atoms with E-state index in [0.717, 1.165) is 5.56 Å². The summed E-state index contributed by atoms with van der Waals surface area (Å²) in [5, 5.41) is 11.6. The molecule has 5 nitrogen and oxygen atoms in total. The van der Waals surface area contributed by atoms with Gasteiger partial charge in [-0.1, -0.05) is 12.1 Å². The normalized spacial score (nSPS) is 10.1. The van der Waals surface area contributed by atoms with Crippen molar-refractivity contribution < 1.29 is 14.3 Å². The fourth-order valence-corrected chi connectivity index (χ4v) is 1.32. The summed E-state index contributed by atoms with van der Waals surface area (Å²) in [6.07, 6.45) is 2.52. The van der Waals surface area contributed by atoms with E-state index in [4.69, 9.17) is 5.11 Å². The van der Waals surface area contributed by atoms with Gasteiger partial charge in [0.1, 0.15) is 11.6 Å². The first-order chi connectivity index (χ1) is 8.65. The van der Waals surface area contributed by atoms with Crippen LogP contribution in [0.2, 0.25) is 0 Å². The second kappa shape index (κ2) is 5.22. The zero-order valence-electron chi connectivity index (χ0n) is 9.30. The van der Waals surface area contributed by atoms with Gasteiger partial charge in [0.25, 0.3) is 0 Å². The van der Waals surface area contributed by atoms with E-state index in [1.807, 2.05) is 0 Å². The second-order valence-electron chi connectivity index (χ2n) is 3.57. The number of aromatic carboxylic acids is 1. The summed E-state index contributed by atoms with van der Waals surface area (Å²) in [7, 11) is 0. The fourth-order valence-electron chi connectivity index (χ4n) is 1.32. The van der Waals surface area contributed by atoms with E-state index in [9.17, 15) is 9.18 Å². The van der Waals surface area contributed by atoms with E-state index in [1.54, 1.807) is 12.1 Å². The van der Waals surface area contributed by atoms with Gasteiger partial charge in [0.05, 0.1) is 12.4 Å². The highest BCUT2D eigenvalue weighted by atomic mass is 19.1. The summed E-state index contributed by atoms with van der Waals surface area (Å²) >= 11 is 0. The molecule has 0 fully saturated rings. The van der Waals surface area contributed by atoms with Crippen LogP contribution >= 0.6 is 0 Å². The summed E-state index contributed by atoms with van der Waals surface area (Å²) in [4.78, 5) is 18.2. The molecule has 92 valence electrons. The molecule has 0 saturated carbocycles. The first-order valence-electron chi connectivity index (χ1n) is 5.19. The Morgan fingerprint density at radius 3 is 2.50 bits per heavy atom. The van der Waals surface area contributed by atoms with Crippen molar-refractivity contribution in [3.05, 3.63) is 53.7 Å². The molecule has 6 heteroatoms. The van der Waals surface area contributed by atoms with Crippen LogP contribution < -0.4 is 5.32 Å². The first kappa shape index (κ1) is 12.0. The van der Waals surface area contributed by atoms with Gasteiger partial charge in [-0.05, 0) is 17.7 Å². The summed E-state index contributed by atoms with van der Waals surface area (Å²) < 4.78 is 12.7. The molecule has 0 amide bonds. The molecule has 0 atom stereocenters. The molecule has 0 aliphatic rings. The van der Waals surface area contributed by atoms with Crippen LogP contribution in [0.15, 0.2) is 36.7 Å². The molecule has 0 bridgehead atoms. The van der Waals surface area contributed by atoms with Gasteiger partial charge in [0, 0.05) is 6.54 Å². The molecule has 0 aliphatic carbocycles. The Morgan fingerprint density at radius 1 is 1.22 bits per heavy atom. The van der Waals surface area contributed by atoms with Crippen molar-refractivity contribution in [1.29, 1.82) is 0 Å². The Morgan fingerprint density at radius 2 is 1.94 bits per heavy atom. The first-order valence-corrected chi connectivity index (χ1v) is 5.19. The molecule has 18 heavy (non-hydrogen) atoms. The molecule has 1 aromatic heterocycles. The second-order valence-corrected chi connectivity index (χ2v) is 3.57. The SMILES string of the molecule is O=C(O)c1cnc(NCc2ccc(F)cc2)cn1. The van der Waals surface area contributed by atoms with E-state index in [1.165, 1.54) is 24.5 Å². The number of hydrogen-bond acceptors (Lipinski definition) is 4. The summed E-state index contributed by atoms with van der Waals surface area (Å²) in [5.74, 6) is -0.943. The van der Waals surface area contributed by atoms with Gasteiger partial charge in [0.15, 0.2) is 5.69 Å². The third-order valence-electron chi connectivity index (χ3n) is 2.26. The lowest BCUT2D eigenvalue weighted by Gasteiger charge is -2.05. The van der Waals surface area contributed by atoms with Crippen molar-refractivity contribution in [2.45, 2.75) is 6.54 Å². The molecule has 0 aliphatic heterocycles. The summed E-state index contributed by atoms with van der Waals surface area (Å²) in [6, 6.07) is 6.05. The highest BCUT2D eigenvalue weighted by molar-refractivity contribution is 5.84. The molecule has 2 aromatic rings. The maximum absolute atomic E-state index is 12.7. The molecular weight excluding hydrogens is 237 g/mol. The standard InChI is InChI=1S/C12H10FN3O2/c13-9-3-1-8(2-4-9)5-15-11-7-14-10(6-16-11)12(17)18/h1-4,6-7H,5H2,(H,15,16)(H,17,18). The van der Waals surface area contributed by atoms with Crippen molar-refractivity contribution in [2.75, 3.05) is 5.32 Å². The van der Waals surface area contributed by atoms with E-state index >= 15 is 0 Å². The van der Waals surface area contributed by atoms with Gasteiger partial charge in [-0.2, -0.15) is 0 Å². The number of carboxylic acids is 1. The number of nitrogens with one attached hydrogen (secondary N) is 1. The molecule has 2 rings (SSSR count). The Kier molecular flexibility index (Phi) is 3.47. The molecule has 0 unspecified atom stereocenters. The summed E-state index contributed by atoms with van der Waals surface area (Å²) in [5.41, 5.74) is 0.780. The smallest absolute Gasteiger partial charge is 0.356 e. The van der Waals surface area contributed by atoms with E-state index in [-0.39, 0.29) is 11.5 Å². The fraction of sp³-hybridized carbons (Fsp3) is 0.0833. The van der Waals surface area contributed by atoms with Crippen LogP contribution in [0.25, 0.3) is 0 Å². The lowest BCUT2D eigenvalue weighted by Crippen LogP contribution is -2.05. The van der Waals surface area contributed by atoms with Crippen molar-refractivity contribution in [3.8, 4) is 0 Å². The molecule has 2 N–H and O–H groups in total. The van der Waals surface area contributed by atoms with E-state index in [0.29, 0.717) is 12.4 Å². The van der Waals surface area contributed by atoms with Crippen molar-refractivity contribution >= 4 is 11.8 Å². The van der Waals surface area contributed by atoms with E-state index in [2.05, 4.69) is 15.3 Å². The molecule has 0 radical (unpaired) electrons. The van der Waals surface area contributed by atoms with Crippen LogP contribution in [0.3, 0.4) is 0 Å². The topological polar surface area (TPSA) is 75.1 Å². The van der Waals surface area contributed by atoms with Crippen molar-refractivity contribution in [3.63, 3.8) is 0 Å². The number of hydrogen-bond donors (Lipinski definition) is 2. The third-order valence-corrected chi connectivity index (χ3v) is 2.26. The number of anilines is 1. The van der Waals surface area contributed by atoms with Crippen LogP contribution in [0.1, 0.15) is 16.1 Å². The maximum atomic E-state index is 12.7. The lowest BCUT2D eigenvalue weighted by atomic mass is 10.2. The number of carboxylic acid groups (broad SMARTS) is 1. The van der Waals surface area contributed by atoms with Crippen molar-refractivity contribution in [1.82, 2.24) is 9.97 Å². The van der Waals surface area contributed by atoms with Crippen LogP contribution in [0.5, 0.6) is 0 Å². The average molecular weight is 247 g/mol. The minimum atomic E-state index is -1.12. The zero-order chi connectivity index (χ0) is 13.0. The van der Waals surface area contributed by atoms with Crippen LogP contribution in [-0.4, -0.2) is 21.0 Å². The Labute approximate surface area is 102 Å². The number of rotatable bonds is 4. The molecule has 0 spiro atoms. The van der Waals surface area contributed by atoms with Crippen molar-refractivity contribution in [2.24, 2.45) is 0 Å². The number of benzene rings is 1. The van der Waals surface area contributed by atoms with Gasteiger partial charge in [-0.15, -0.1) is 0 Å². The zero-order valence-corrected chi connectivity index (χ0v) is 9.30. The Balaban J connectivity index is 1.97. The Bertz CT molecular complexity index is 540. The monoisotopic (exact) mass is 247 g/mol. The van der Waals surface area contributed by atoms with Gasteiger partial charge < -0.3 is 10.4 Å². The van der Waals surface area contributed by atoms with Gasteiger partial charge in [-0.3, -0.25) is 0 Å². The van der Waals surface area contributed by atoms with Gasteiger partial charge in [0.2, 0.25) is 0 Å². The number of nitrogens with zero attached hydrogens (tertiary/aromatic N) is 2. The minimum Gasteiger partial charge on any atom is -0.476 e. The quantitative estimate of drug-likeness (QED) is 0.863. The molecule has 0 saturated heterocycles. The number of aromatic nitrogens is 2. The van der Waals surface area contributed by atoms with Crippen LogP contribution in [0, 0.1) is 5.82 Å². The largest absolute Gasteiger partial charge is 0.476 e. The summed E-state index contributed by atoms with van der Waals surface area (Å²) in [6.45, 7) is 0.460. The molecule has 1 aromatic carbocycles. The molecular formula is C12H10FN3O2. The molecule has 1 heterocycles.